The third kappa shape index (κ3) is 3.14. The molecule has 22 heavy (non-hydrogen) atoms. The van der Waals surface area contributed by atoms with Crippen molar-refractivity contribution >= 4 is 52.0 Å². The molecule has 3 nitrogen and oxygen atoms in total. The van der Waals surface area contributed by atoms with Crippen LogP contribution in [0.15, 0.2) is 47.4 Å². The molecular weight excluding hydrogens is 339 g/mol. The van der Waals surface area contributed by atoms with Gasteiger partial charge < -0.3 is 4.98 Å². The lowest BCUT2D eigenvalue weighted by molar-refractivity contribution is 0.105. The molecule has 2 heterocycles. The number of thiophene rings is 1. The maximum Gasteiger partial charge on any atom is 0.197 e. The van der Waals surface area contributed by atoms with Crippen LogP contribution in [0.5, 0.6) is 0 Å². The van der Waals surface area contributed by atoms with Crippen LogP contribution in [-0.4, -0.2) is 15.8 Å². The first-order valence-electron chi connectivity index (χ1n) is 6.38. The van der Waals surface area contributed by atoms with Crippen molar-refractivity contribution in [2.75, 3.05) is 0 Å². The molecule has 6 heteroatoms. The molecular formula is C16H10Cl2N2OS. The zero-order chi connectivity index (χ0) is 15.5. The van der Waals surface area contributed by atoms with E-state index in [9.17, 15) is 4.79 Å². The van der Waals surface area contributed by atoms with Crippen LogP contribution in [0.25, 0.3) is 11.6 Å². The minimum Gasteiger partial charge on any atom is -0.345 e. The van der Waals surface area contributed by atoms with Crippen molar-refractivity contribution in [1.82, 2.24) is 9.97 Å². The van der Waals surface area contributed by atoms with Crippen molar-refractivity contribution in [2.24, 2.45) is 0 Å². The van der Waals surface area contributed by atoms with E-state index in [-0.39, 0.29) is 5.78 Å². The van der Waals surface area contributed by atoms with E-state index in [0.29, 0.717) is 32.6 Å². The number of halogens is 2. The quantitative estimate of drug-likeness (QED) is 0.520. The zero-order valence-electron chi connectivity index (χ0n) is 11.2. The number of H-pyrrole nitrogens is 1. The lowest BCUT2D eigenvalue weighted by Crippen LogP contribution is -2.03. The second-order valence-electron chi connectivity index (χ2n) is 4.50. The van der Waals surface area contributed by atoms with Gasteiger partial charge >= 0.3 is 0 Å². The van der Waals surface area contributed by atoms with Crippen LogP contribution in [0.2, 0.25) is 10.0 Å². The van der Waals surface area contributed by atoms with Gasteiger partial charge in [-0.15, -0.1) is 0 Å². The van der Waals surface area contributed by atoms with Crippen LogP contribution in [0, 0.1) is 0 Å². The third-order valence-electron chi connectivity index (χ3n) is 3.04. The molecule has 110 valence electrons. The van der Waals surface area contributed by atoms with E-state index < -0.39 is 0 Å². The number of nitrogens with zero attached hydrogens (tertiary/aromatic N) is 1. The summed E-state index contributed by atoms with van der Waals surface area (Å²) in [6.07, 6.45) is 5.00. The molecule has 0 aliphatic rings. The molecule has 0 aliphatic carbocycles. The Labute approximate surface area is 141 Å². The molecule has 3 aromatic rings. The summed E-state index contributed by atoms with van der Waals surface area (Å²) in [4.78, 5) is 19.8. The van der Waals surface area contributed by atoms with E-state index in [1.807, 2.05) is 10.8 Å². The highest BCUT2D eigenvalue weighted by Gasteiger charge is 2.17. The summed E-state index contributed by atoms with van der Waals surface area (Å²) in [6.45, 7) is 0. The van der Waals surface area contributed by atoms with Crippen molar-refractivity contribution in [3.05, 3.63) is 74.4 Å². The zero-order valence-corrected chi connectivity index (χ0v) is 13.5. The summed E-state index contributed by atoms with van der Waals surface area (Å²) in [5.74, 6) is 0.393. The van der Waals surface area contributed by atoms with Crippen molar-refractivity contribution in [3.8, 4) is 0 Å². The largest absolute Gasteiger partial charge is 0.345 e. The maximum atomic E-state index is 12.7. The summed E-state index contributed by atoms with van der Waals surface area (Å²) in [5, 5.41) is 4.70. The van der Waals surface area contributed by atoms with Gasteiger partial charge in [-0.2, -0.15) is 11.3 Å². The number of Topliss-reactive ketones (excluding diaryl/α,β-unsaturated/α-hetero) is 1. The Morgan fingerprint density at radius 1 is 1.27 bits per heavy atom. The van der Waals surface area contributed by atoms with Gasteiger partial charge in [0.1, 0.15) is 5.82 Å². The third-order valence-corrected chi connectivity index (χ3v) is 4.29. The Morgan fingerprint density at radius 2 is 2.14 bits per heavy atom. The molecule has 1 N–H and O–H groups in total. The standard InChI is InChI=1S/C16H10Cl2N2OS/c17-12-2-1-10(14(18)8-12)7-13(16-19-4-5-20-16)15(21)11-3-6-22-9-11/h1-9H,(H,19,20)/b13-7-. The van der Waals surface area contributed by atoms with Crippen LogP contribution >= 0.6 is 34.5 Å². The van der Waals surface area contributed by atoms with Crippen molar-refractivity contribution in [2.45, 2.75) is 0 Å². The van der Waals surface area contributed by atoms with Gasteiger partial charge in [0.15, 0.2) is 5.78 Å². The van der Waals surface area contributed by atoms with Gasteiger partial charge in [-0.3, -0.25) is 4.79 Å². The van der Waals surface area contributed by atoms with E-state index in [1.54, 1.807) is 42.7 Å². The second-order valence-corrected chi connectivity index (χ2v) is 6.13. The van der Waals surface area contributed by atoms with Gasteiger partial charge in [0.05, 0.1) is 5.57 Å². The Kier molecular flexibility index (Phi) is 4.43. The molecule has 0 fully saturated rings. The topological polar surface area (TPSA) is 45.8 Å². The van der Waals surface area contributed by atoms with Crippen LogP contribution in [0.3, 0.4) is 0 Å². The first-order valence-corrected chi connectivity index (χ1v) is 8.08. The molecule has 0 unspecified atom stereocenters. The molecule has 2 aromatic heterocycles. The number of aromatic amines is 1. The van der Waals surface area contributed by atoms with Crippen LogP contribution in [0.4, 0.5) is 0 Å². The average Bonchev–Trinajstić information content (AvgIpc) is 3.19. The Bertz CT molecular complexity index is 824. The molecule has 0 radical (unpaired) electrons. The van der Waals surface area contributed by atoms with Gasteiger partial charge in [-0.25, -0.2) is 4.98 Å². The molecule has 0 aliphatic heterocycles. The van der Waals surface area contributed by atoms with Gasteiger partial charge in [0.2, 0.25) is 0 Å². The van der Waals surface area contributed by atoms with Crippen molar-refractivity contribution < 1.29 is 4.79 Å². The van der Waals surface area contributed by atoms with Gasteiger partial charge in [0, 0.05) is 33.4 Å². The smallest absolute Gasteiger partial charge is 0.197 e. The molecule has 0 amide bonds. The molecule has 1 aromatic carbocycles. The second kappa shape index (κ2) is 6.48. The number of hydrogen-bond acceptors (Lipinski definition) is 3. The summed E-state index contributed by atoms with van der Waals surface area (Å²) < 4.78 is 0. The minimum atomic E-state index is -0.109. The number of carbonyl (C=O) groups excluding carboxylic acids is 1. The molecule has 0 saturated heterocycles. The molecule has 0 spiro atoms. The van der Waals surface area contributed by atoms with E-state index in [0.717, 1.165) is 0 Å². The summed E-state index contributed by atoms with van der Waals surface area (Å²) in [6, 6.07) is 6.93. The fourth-order valence-electron chi connectivity index (χ4n) is 1.98. The maximum absolute atomic E-state index is 12.7. The fraction of sp³-hybridized carbons (Fsp3) is 0. The van der Waals surface area contributed by atoms with Gasteiger partial charge in [-0.05, 0) is 35.2 Å². The van der Waals surface area contributed by atoms with Gasteiger partial charge in [-0.1, -0.05) is 29.3 Å². The number of imidazole rings is 1. The summed E-state index contributed by atoms with van der Waals surface area (Å²) in [7, 11) is 0. The monoisotopic (exact) mass is 348 g/mol. The summed E-state index contributed by atoms with van der Waals surface area (Å²) in [5.41, 5.74) is 1.78. The van der Waals surface area contributed by atoms with E-state index in [2.05, 4.69) is 9.97 Å². The van der Waals surface area contributed by atoms with Crippen LogP contribution in [0.1, 0.15) is 21.7 Å². The predicted octanol–water partition coefficient (Wildman–Crippen LogP) is 5.20. The Balaban J connectivity index is 2.09. The number of rotatable bonds is 4. The highest BCUT2D eigenvalue weighted by atomic mass is 35.5. The van der Waals surface area contributed by atoms with Crippen LogP contribution < -0.4 is 0 Å². The number of carbonyl (C=O) groups is 1. The first-order chi connectivity index (χ1) is 10.6. The van der Waals surface area contributed by atoms with Gasteiger partial charge in [0.25, 0.3) is 0 Å². The summed E-state index contributed by atoms with van der Waals surface area (Å²) >= 11 is 13.6. The number of aromatic nitrogens is 2. The fourth-order valence-corrected chi connectivity index (χ4v) is 3.08. The number of allylic oxidation sites excluding steroid dienone is 1. The van der Waals surface area contributed by atoms with Crippen molar-refractivity contribution in [3.63, 3.8) is 0 Å². The number of ketones is 1. The number of nitrogens with one attached hydrogen (secondary N) is 1. The minimum absolute atomic E-state index is 0.109. The van der Waals surface area contributed by atoms with E-state index >= 15 is 0 Å². The Morgan fingerprint density at radius 3 is 2.77 bits per heavy atom. The lowest BCUT2D eigenvalue weighted by atomic mass is 10.0. The van der Waals surface area contributed by atoms with Crippen molar-refractivity contribution in [1.29, 1.82) is 0 Å². The SMILES string of the molecule is O=C(/C(=C/c1ccc(Cl)cc1Cl)c1ncc[nH]1)c1ccsc1. The highest BCUT2D eigenvalue weighted by Crippen LogP contribution is 2.27. The molecule has 0 saturated carbocycles. The molecule has 0 bridgehead atoms. The number of benzene rings is 1. The predicted molar refractivity (Wildman–Crippen MR) is 91.6 cm³/mol. The Hall–Kier alpha value is -1.88. The average molecular weight is 349 g/mol. The first kappa shape index (κ1) is 15.0. The number of hydrogen-bond donors (Lipinski definition) is 1. The van der Waals surface area contributed by atoms with E-state index in [4.69, 9.17) is 23.2 Å². The normalized spacial score (nSPS) is 11.6. The highest BCUT2D eigenvalue weighted by molar-refractivity contribution is 7.08. The molecule has 0 atom stereocenters. The van der Waals surface area contributed by atoms with E-state index in [1.165, 1.54) is 11.3 Å². The molecule has 3 rings (SSSR count). The lowest BCUT2D eigenvalue weighted by Gasteiger charge is -2.05. The van der Waals surface area contributed by atoms with Crippen LogP contribution in [-0.2, 0) is 0 Å².